The number of anilines is 1. The number of hydrogen-bond donors (Lipinski definition) is 3. The number of carbonyl (C=O) groups is 1. The summed E-state index contributed by atoms with van der Waals surface area (Å²) in [5.41, 5.74) is 2.56. The van der Waals surface area contributed by atoms with E-state index in [2.05, 4.69) is 10.6 Å². The molecule has 0 fully saturated rings. The molecule has 0 bridgehead atoms. The van der Waals surface area contributed by atoms with Gasteiger partial charge in [0.25, 0.3) is 0 Å². The van der Waals surface area contributed by atoms with Crippen molar-refractivity contribution in [3.63, 3.8) is 0 Å². The summed E-state index contributed by atoms with van der Waals surface area (Å²) < 4.78 is 6.49. The molecule has 3 N–H and O–H groups in total. The minimum atomic E-state index is -0.459. The van der Waals surface area contributed by atoms with Crippen LogP contribution in [-0.2, 0) is 13.5 Å². The lowest BCUT2D eigenvalue weighted by atomic mass is 10.1. The van der Waals surface area contributed by atoms with Crippen LogP contribution in [0.5, 0.6) is 0 Å². The van der Waals surface area contributed by atoms with Gasteiger partial charge >= 0.3 is 11.8 Å². The third-order valence-corrected chi connectivity index (χ3v) is 3.93. The molecule has 7 nitrogen and oxygen atoms in total. The van der Waals surface area contributed by atoms with Gasteiger partial charge in [0.05, 0.1) is 18.2 Å². The number of hydrogen-bond acceptors (Lipinski definition) is 4. The lowest BCUT2D eigenvalue weighted by molar-refractivity contribution is 0.224. The molecule has 2 aromatic carbocycles. The molecule has 130 valence electrons. The number of oxazole rings is 1. The van der Waals surface area contributed by atoms with Crippen LogP contribution in [0, 0.1) is 0 Å². The molecule has 3 aromatic rings. The van der Waals surface area contributed by atoms with Crippen molar-refractivity contribution < 1.29 is 14.3 Å². The first-order valence-electron chi connectivity index (χ1n) is 7.88. The Morgan fingerprint density at radius 1 is 1.24 bits per heavy atom. The van der Waals surface area contributed by atoms with Crippen LogP contribution < -0.4 is 16.4 Å². The molecule has 3 rings (SSSR count). The second kappa shape index (κ2) is 7.23. The van der Waals surface area contributed by atoms with Crippen LogP contribution in [0.4, 0.5) is 10.5 Å². The van der Waals surface area contributed by atoms with E-state index in [1.165, 1.54) is 4.57 Å². The standard InChI is InChI=1S/C18H19N3O4/c1-21-15-8-7-13(10-16(15)25-18(21)24)19-17(23)20-14(11-22)9-12-5-3-2-4-6-12/h2-8,10,14,22H,9,11H2,1H3,(H2,19,20,23). The second-order valence-electron chi connectivity index (χ2n) is 5.78. The van der Waals surface area contributed by atoms with Crippen molar-refractivity contribution in [3.05, 3.63) is 64.6 Å². The molecule has 1 atom stereocenters. The number of rotatable bonds is 5. The van der Waals surface area contributed by atoms with Crippen molar-refractivity contribution in [2.75, 3.05) is 11.9 Å². The van der Waals surface area contributed by atoms with Crippen LogP contribution in [0.2, 0.25) is 0 Å². The van der Waals surface area contributed by atoms with E-state index >= 15 is 0 Å². The Bertz CT molecular complexity index is 930. The molecule has 1 heterocycles. The molecule has 2 amide bonds. The van der Waals surface area contributed by atoms with E-state index in [0.29, 0.717) is 23.2 Å². The monoisotopic (exact) mass is 341 g/mol. The highest BCUT2D eigenvalue weighted by Crippen LogP contribution is 2.17. The van der Waals surface area contributed by atoms with E-state index < -0.39 is 17.8 Å². The Kier molecular flexibility index (Phi) is 4.85. The predicted octanol–water partition coefficient (Wildman–Crippen LogP) is 1.86. The van der Waals surface area contributed by atoms with Gasteiger partial charge in [-0.05, 0) is 24.1 Å². The number of aliphatic hydroxyl groups is 1. The van der Waals surface area contributed by atoms with Crippen LogP contribution in [0.1, 0.15) is 5.56 Å². The Hall–Kier alpha value is -3.06. The SMILES string of the molecule is Cn1c(=O)oc2cc(NC(=O)NC(CO)Cc3ccccc3)ccc21. The summed E-state index contributed by atoms with van der Waals surface area (Å²) in [6, 6.07) is 13.7. The zero-order valence-electron chi connectivity index (χ0n) is 13.7. The van der Waals surface area contributed by atoms with Gasteiger partial charge in [0.2, 0.25) is 0 Å². The zero-order chi connectivity index (χ0) is 17.8. The molecule has 0 spiro atoms. The number of aromatic nitrogens is 1. The number of nitrogens with zero attached hydrogens (tertiary/aromatic N) is 1. The normalized spacial score (nSPS) is 12.1. The van der Waals surface area contributed by atoms with Gasteiger partial charge in [0, 0.05) is 18.8 Å². The van der Waals surface area contributed by atoms with E-state index in [1.54, 1.807) is 25.2 Å². The van der Waals surface area contributed by atoms with Gasteiger partial charge in [0.15, 0.2) is 5.58 Å². The number of amides is 2. The fourth-order valence-electron chi connectivity index (χ4n) is 2.62. The topological polar surface area (TPSA) is 96.5 Å². The summed E-state index contributed by atoms with van der Waals surface area (Å²) >= 11 is 0. The van der Waals surface area contributed by atoms with Gasteiger partial charge in [-0.25, -0.2) is 9.59 Å². The van der Waals surface area contributed by atoms with Crippen LogP contribution in [0.15, 0.2) is 57.7 Å². The van der Waals surface area contributed by atoms with E-state index in [4.69, 9.17) is 4.42 Å². The fourth-order valence-corrected chi connectivity index (χ4v) is 2.62. The van der Waals surface area contributed by atoms with Gasteiger partial charge in [-0.3, -0.25) is 4.57 Å². The highest BCUT2D eigenvalue weighted by atomic mass is 16.4. The Balaban J connectivity index is 1.66. The summed E-state index contributed by atoms with van der Waals surface area (Å²) in [4.78, 5) is 23.6. The zero-order valence-corrected chi connectivity index (χ0v) is 13.7. The fraction of sp³-hybridized carbons (Fsp3) is 0.222. The van der Waals surface area contributed by atoms with Crippen molar-refractivity contribution in [1.82, 2.24) is 9.88 Å². The molecule has 25 heavy (non-hydrogen) atoms. The van der Waals surface area contributed by atoms with Gasteiger partial charge < -0.3 is 20.2 Å². The predicted molar refractivity (Wildman–Crippen MR) is 94.6 cm³/mol. The van der Waals surface area contributed by atoms with Crippen molar-refractivity contribution in [1.29, 1.82) is 0 Å². The third-order valence-electron chi connectivity index (χ3n) is 3.93. The molecule has 7 heteroatoms. The maximum atomic E-state index is 12.1. The molecule has 0 aliphatic rings. The highest BCUT2D eigenvalue weighted by Gasteiger charge is 2.13. The van der Waals surface area contributed by atoms with E-state index in [9.17, 15) is 14.7 Å². The van der Waals surface area contributed by atoms with Crippen LogP contribution in [0.25, 0.3) is 11.1 Å². The Labute approximate surface area is 143 Å². The summed E-state index contributed by atoms with van der Waals surface area (Å²) in [6.45, 7) is -0.172. The second-order valence-corrected chi connectivity index (χ2v) is 5.78. The summed E-state index contributed by atoms with van der Waals surface area (Å²) in [5, 5.41) is 14.9. The smallest absolute Gasteiger partial charge is 0.408 e. The first-order valence-corrected chi connectivity index (χ1v) is 7.88. The minimum absolute atomic E-state index is 0.172. The molecule has 1 aromatic heterocycles. The van der Waals surface area contributed by atoms with Gasteiger partial charge in [-0.2, -0.15) is 0 Å². The lowest BCUT2D eigenvalue weighted by Crippen LogP contribution is -2.41. The number of aryl methyl sites for hydroxylation is 1. The molecule has 0 radical (unpaired) electrons. The number of nitrogens with one attached hydrogen (secondary N) is 2. The lowest BCUT2D eigenvalue weighted by Gasteiger charge is -2.17. The van der Waals surface area contributed by atoms with Crippen molar-refractivity contribution in [2.45, 2.75) is 12.5 Å². The third kappa shape index (κ3) is 3.89. The number of aliphatic hydroxyl groups excluding tert-OH is 1. The highest BCUT2D eigenvalue weighted by molar-refractivity contribution is 5.91. The summed E-state index contributed by atoms with van der Waals surface area (Å²) in [5.74, 6) is -0.459. The first kappa shape index (κ1) is 16.8. The van der Waals surface area contributed by atoms with Crippen molar-refractivity contribution in [2.24, 2.45) is 7.05 Å². The van der Waals surface area contributed by atoms with Crippen LogP contribution >= 0.6 is 0 Å². The Morgan fingerprint density at radius 2 is 2.00 bits per heavy atom. The largest absolute Gasteiger partial charge is 0.419 e. The minimum Gasteiger partial charge on any atom is -0.408 e. The molecular weight excluding hydrogens is 322 g/mol. The number of benzene rings is 2. The maximum absolute atomic E-state index is 12.1. The molecule has 1 unspecified atom stereocenters. The molecular formula is C18H19N3O4. The Morgan fingerprint density at radius 3 is 2.72 bits per heavy atom. The van der Waals surface area contributed by atoms with E-state index in [-0.39, 0.29) is 6.61 Å². The molecule has 0 aliphatic heterocycles. The van der Waals surface area contributed by atoms with Crippen LogP contribution in [-0.4, -0.2) is 28.4 Å². The number of fused-ring (bicyclic) bond motifs is 1. The molecule has 0 aliphatic carbocycles. The number of urea groups is 1. The summed E-state index contributed by atoms with van der Waals surface area (Å²) in [7, 11) is 1.61. The van der Waals surface area contributed by atoms with E-state index in [1.807, 2.05) is 30.3 Å². The van der Waals surface area contributed by atoms with Gasteiger partial charge in [-0.1, -0.05) is 30.3 Å². The molecule has 0 saturated carbocycles. The van der Waals surface area contributed by atoms with Crippen molar-refractivity contribution >= 4 is 22.8 Å². The average molecular weight is 341 g/mol. The van der Waals surface area contributed by atoms with Crippen molar-refractivity contribution in [3.8, 4) is 0 Å². The number of carbonyl (C=O) groups excluding carboxylic acids is 1. The molecule has 0 saturated heterocycles. The first-order chi connectivity index (χ1) is 12.1. The van der Waals surface area contributed by atoms with Gasteiger partial charge in [-0.15, -0.1) is 0 Å². The van der Waals surface area contributed by atoms with E-state index in [0.717, 1.165) is 5.56 Å². The maximum Gasteiger partial charge on any atom is 0.419 e. The average Bonchev–Trinajstić information content (AvgIpc) is 2.89. The van der Waals surface area contributed by atoms with Crippen LogP contribution in [0.3, 0.4) is 0 Å². The van der Waals surface area contributed by atoms with Gasteiger partial charge in [0.1, 0.15) is 0 Å². The summed E-state index contributed by atoms with van der Waals surface area (Å²) in [6.07, 6.45) is 0.525. The quantitative estimate of drug-likeness (QED) is 0.660.